The second kappa shape index (κ2) is 5.17. The van der Waals surface area contributed by atoms with Crippen LogP contribution < -0.4 is 5.32 Å². The number of hydrogen-bond acceptors (Lipinski definition) is 4. The van der Waals surface area contributed by atoms with E-state index in [1.165, 1.54) is 44.9 Å². The van der Waals surface area contributed by atoms with Gasteiger partial charge in [0.05, 0.1) is 0 Å². The van der Waals surface area contributed by atoms with E-state index in [4.69, 9.17) is 4.52 Å². The Labute approximate surface area is 102 Å². The Morgan fingerprint density at radius 2 is 1.94 bits per heavy atom. The molecule has 2 fully saturated rings. The molecule has 1 saturated heterocycles. The Kier molecular flexibility index (Phi) is 3.41. The van der Waals surface area contributed by atoms with Crippen molar-refractivity contribution < 1.29 is 4.52 Å². The third-order valence-corrected chi connectivity index (χ3v) is 4.03. The maximum absolute atomic E-state index is 5.40. The molecule has 94 valence electrons. The van der Waals surface area contributed by atoms with Crippen molar-refractivity contribution in [3.8, 4) is 0 Å². The van der Waals surface area contributed by atoms with Gasteiger partial charge in [-0.05, 0) is 32.2 Å². The molecule has 0 radical (unpaired) electrons. The van der Waals surface area contributed by atoms with Gasteiger partial charge in [-0.1, -0.05) is 24.4 Å². The average molecular weight is 235 g/mol. The summed E-state index contributed by atoms with van der Waals surface area (Å²) < 4.78 is 5.40. The summed E-state index contributed by atoms with van der Waals surface area (Å²) in [5.74, 6) is 2.31. The maximum atomic E-state index is 5.40. The van der Waals surface area contributed by atoms with Crippen LogP contribution in [0.2, 0.25) is 0 Å². The van der Waals surface area contributed by atoms with Crippen molar-refractivity contribution in [1.82, 2.24) is 15.5 Å². The van der Waals surface area contributed by atoms with Crippen LogP contribution in [0.15, 0.2) is 4.52 Å². The molecule has 1 unspecified atom stereocenters. The fraction of sp³-hybridized carbons (Fsp3) is 0.846. The number of hydrogen-bond donors (Lipinski definition) is 1. The summed E-state index contributed by atoms with van der Waals surface area (Å²) in [7, 11) is 0. The van der Waals surface area contributed by atoms with Crippen LogP contribution in [-0.2, 0) is 6.42 Å². The lowest BCUT2D eigenvalue weighted by atomic mass is 10.0. The standard InChI is InChI=1S/C13H21N3O/c1-2-6-10(5-1)13-15-12(16-17-13)9-11-7-3-4-8-14-11/h10-11,14H,1-9H2. The van der Waals surface area contributed by atoms with Gasteiger partial charge in [0.25, 0.3) is 0 Å². The molecule has 0 aromatic carbocycles. The third kappa shape index (κ3) is 2.68. The molecule has 0 bridgehead atoms. The van der Waals surface area contributed by atoms with Gasteiger partial charge in [-0.15, -0.1) is 0 Å². The Hall–Kier alpha value is -0.900. The topological polar surface area (TPSA) is 51.0 Å². The lowest BCUT2D eigenvalue weighted by molar-refractivity contribution is 0.344. The monoisotopic (exact) mass is 235 g/mol. The molecule has 2 aliphatic rings. The number of rotatable bonds is 3. The highest BCUT2D eigenvalue weighted by molar-refractivity contribution is 4.98. The maximum Gasteiger partial charge on any atom is 0.229 e. The molecule has 1 aromatic heterocycles. The zero-order valence-electron chi connectivity index (χ0n) is 10.3. The van der Waals surface area contributed by atoms with Crippen molar-refractivity contribution in [3.63, 3.8) is 0 Å². The molecule has 0 spiro atoms. The van der Waals surface area contributed by atoms with Gasteiger partial charge in [0.2, 0.25) is 5.89 Å². The van der Waals surface area contributed by atoms with Crippen LogP contribution in [0.1, 0.15) is 62.6 Å². The number of aromatic nitrogens is 2. The lowest BCUT2D eigenvalue weighted by Gasteiger charge is -2.21. The number of nitrogens with one attached hydrogen (secondary N) is 1. The molecule has 1 saturated carbocycles. The molecule has 1 atom stereocenters. The number of piperidine rings is 1. The highest BCUT2D eigenvalue weighted by atomic mass is 16.5. The van der Waals surface area contributed by atoms with Crippen molar-refractivity contribution in [3.05, 3.63) is 11.7 Å². The fourth-order valence-electron chi connectivity index (χ4n) is 3.01. The zero-order chi connectivity index (χ0) is 11.5. The summed E-state index contributed by atoms with van der Waals surface area (Å²) in [6.07, 6.45) is 9.87. The molecule has 1 aliphatic carbocycles. The van der Waals surface area contributed by atoms with Crippen LogP contribution in [0.4, 0.5) is 0 Å². The molecule has 4 heteroatoms. The Morgan fingerprint density at radius 3 is 2.71 bits per heavy atom. The summed E-state index contributed by atoms with van der Waals surface area (Å²) >= 11 is 0. The Balaban J connectivity index is 1.59. The van der Waals surface area contributed by atoms with Gasteiger partial charge in [-0.3, -0.25) is 0 Å². The summed E-state index contributed by atoms with van der Waals surface area (Å²) in [6, 6.07) is 0.553. The number of nitrogens with zero attached hydrogens (tertiary/aromatic N) is 2. The van der Waals surface area contributed by atoms with E-state index in [0.717, 1.165) is 24.7 Å². The molecule has 17 heavy (non-hydrogen) atoms. The third-order valence-electron chi connectivity index (χ3n) is 4.03. The van der Waals surface area contributed by atoms with Crippen molar-refractivity contribution in [2.24, 2.45) is 0 Å². The molecule has 1 aliphatic heterocycles. The van der Waals surface area contributed by atoms with Gasteiger partial charge in [0, 0.05) is 18.4 Å². The second-order valence-electron chi connectivity index (χ2n) is 5.38. The van der Waals surface area contributed by atoms with E-state index in [0.29, 0.717) is 12.0 Å². The minimum atomic E-state index is 0.538. The molecule has 2 heterocycles. The first-order valence-corrected chi connectivity index (χ1v) is 6.97. The van der Waals surface area contributed by atoms with E-state index in [1.807, 2.05) is 0 Å². The largest absolute Gasteiger partial charge is 0.339 e. The van der Waals surface area contributed by atoms with Gasteiger partial charge in [0.1, 0.15) is 0 Å². The summed E-state index contributed by atoms with van der Waals surface area (Å²) in [5.41, 5.74) is 0. The van der Waals surface area contributed by atoms with Gasteiger partial charge in [0.15, 0.2) is 5.82 Å². The van der Waals surface area contributed by atoms with Gasteiger partial charge < -0.3 is 9.84 Å². The fourth-order valence-corrected chi connectivity index (χ4v) is 3.01. The molecule has 4 nitrogen and oxygen atoms in total. The van der Waals surface area contributed by atoms with Crippen LogP contribution in [0.3, 0.4) is 0 Å². The van der Waals surface area contributed by atoms with E-state index < -0.39 is 0 Å². The van der Waals surface area contributed by atoms with E-state index in [1.54, 1.807) is 0 Å². The predicted molar refractivity (Wildman–Crippen MR) is 64.9 cm³/mol. The lowest BCUT2D eigenvalue weighted by Crippen LogP contribution is -2.35. The molecule has 1 N–H and O–H groups in total. The molecule has 1 aromatic rings. The van der Waals surface area contributed by atoms with Crippen LogP contribution in [0.25, 0.3) is 0 Å². The summed E-state index contributed by atoms with van der Waals surface area (Å²) in [6.45, 7) is 1.14. The van der Waals surface area contributed by atoms with Gasteiger partial charge in [-0.25, -0.2) is 0 Å². The van der Waals surface area contributed by atoms with Crippen molar-refractivity contribution in [1.29, 1.82) is 0 Å². The van der Waals surface area contributed by atoms with Gasteiger partial charge in [-0.2, -0.15) is 4.98 Å². The van der Waals surface area contributed by atoms with Crippen molar-refractivity contribution in [2.45, 2.75) is 63.3 Å². The highest BCUT2D eigenvalue weighted by Gasteiger charge is 2.24. The average Bonchev–Trinajstić information content (AvgIpc) is 3.00. The van der Waals surface area contributed by atoms with Crippen LogP contribution in [0.5, 0.6) is 0 Å². The second-order valence-corrected chi connectivity index (χ2v) is 5.38. The SMILES string of the molecule is C1CCC(Cc2noc(C3CCCC3)n2)NC1. The van der Waals surface area contributed by atoms with Crippen LogP contribution in [-0.4, -0.2) is 22.7 Å². The predicted octanol–water partition coefficient (Wildman–Crippen LogP) is 2.41. The van der Waals surface area contributed by atoms with Crippen molar-refractivity contribution >= 4 is 0 Å². The van der Waals surface area contributed by atoms with E-state index in [-0.39, 0.29) is 0 Å². The van der Waals surface area contributed by atoms with Gasteiger partial charge >= 0.3 is 0 Å². The molecular weight excluding hydrogens is 214 g/mol. The summed E-state index contributed by atoms with van der Waals surface area (Å²) in [5, 5.41) is 7.65. The quantitative estimate of drug-likeness (QED) is 0.874. The first kappa shape index (κ1) is 11.2. The van der Waals surface area contributed by atoms with E-state index >= 15 is 0 Å². The molecular formula is C13H21N3O. The minimum Gasteiger partial charge on any atom is -0.339 e. The van der Waals surface area contributed by atoms with Crippen molar-refractivity contribution in [2.75, 3.05) is 6.54 Å². The Bertz CT molecular complexity index is 351. The van der Waals surface area contributed by atoms with Crippen LogP contribution >= 0.6 is 0 Å². The summed E-state index contributed by atoms with van der Waals surface area (Å²) in [4.78, 5) is 4.57. The molecule has 0 amide bonds. The van der Waals surface area contributed by atoms with Crippen LogP contribution in [0, 0.1) is 0 Å². The highest BCUT2D eigenvalue weighted by Crippen LogP contribution is 2.32. The van der Waals surface area contributed by atoms with E-state index in [9.17, 15) is 0 Å². The smallest absolute Gasteiger partial charge is 0.229 e. The minimum absolute atomic E-state index is 0.538. The van der Waals surface area contributed by atoms with E-state index in [2.05, 4.69) is 15.5 Å². The zero-order valence-corrected chi connectivity index (χ0v) is 10.3. The first-order valence-electron chi connectivity index (χ1n) is 6.97. The normalized spacial score (nSPS) is 26.5. The first-order chi connectivity index (χ1) is 8.42. The Morgan fingerprint density at radius 1 is 1.12 bits per heavy atom. The molecule has 3 rings (SSSR count).